The van der Waals surface area contributed by atoms with E-state index >= 15 is 0 Å². The van der Waals surface area contributed by atoms with Crippen LogP contribution < -0.4 is 16.1 Å². The highest BCUT2D eigenvalue weighted by Crippen LogP contribution is 2.22. The van der Waals surface area contributed by atoms with Crippen LogP contribution in [0.1, 0.15) is 26.0 Å². The molecule has 0 aliphatic heterocycles. The minimum atomic E-state index is -0.546. The zero-order valence-corrected chi connectivity index (χ0v) is 12.9. The van der Waals surface area contributed by atoms with Crippen molar-refractivity contribution in [3.8, 4) is 11.3 Å². The molecule has 0 aromatic carbocycles. The van der Waals surface area contributed by atoms with Crippen molar-refractivity contribution in [2.45, 2.75) is 27.2 Å². The predicted octanol–water partition coefficient (Wildman–Crippen LogP) is 1.58. The second-order valence-electron chi connectivity index (χ2n) is 4.76. The number of aromatic amines is 2. The summed E-state index contributed by atoms with van der Waals surface area (Å²) in [4.78, 5) is 29.7. The minimum Gasteiger partial charge on any atom is -0.347 e. The molecule has 0 atom stereocenters. The van der Waals surface area contributed by atoms with Gasteiger partial charge in [-0.3, -0.25) is 9.78 Å². The molecule has 2 rings (SSSR count). The highest BCUT2D eigenvalue weighted by atomic mass is 16.2. The van der Waals surface area contributed by atoms with Gasteiger partial charge in [0.2, 0.25) is 0 Å². The Kier molecular flexibility index (Phi) is 4.88. The summed E-state index contributed by atoms with van der Waals surface area (Å²) in [5.41, 5.74) is 1.32. The van der Waals surface area contributed by atoms with Crippen LogP contribution >= 0.6 is 0 Å². The van der Waals surface area contributed by atoms with Crippen molar-refractivity contribution >= 4 is 5.69 Å². The number of rotatable bonds is 5. The van der Waals surface area contributed by atoms with Crippen LogP contribution in [0.15, 0.2) is 34.1 Å². The molecule has 2 aromatic heterocycles. The molecule has 0 aliphatic carbocycles. The summed E-state index contributed by atoms with van der Waals surface area (Å²) in [5.74, 6) is 0. The smallest absolute Gasteiger partial charge is 0.325 e. The van der Waals surface area contributed by atoms with Crippen LogP contribution in [0.5, 0.6) is 0 Å². The summed E-state index contributed by atoms with van der Waals surface area (Å²) in [6.45, 7) is 6.73. The Balaban J connectivity index is 2.52. The Hall–Kier alpha value is -2.70. The van der Waals surface area contributed by atoms with E-state index in [0.29, 0.717) is 5.69 Å². The van der Waals surface area contributed by atoms with Crippen molar-refractivity contribution < 1.29 is 0 Å². The van der Waals surface area contributed by atoms with E-state index in [1.807, 2.05) is 24.9 Å². The lowest BCUT2D eigenvalue weighted by atomic mass is 10.2. The van der Waals surface area contributed by atoms with E-state index in [4.69, 9.17) is 0 Å². The molecule has 0 saturated heterocycles. The van der Waals surface area contributed by atoms with Gasteiger partial charge in [-0.25, -0.2) is 4.79 Å². The molecule has 7 heteroatoms. The maximum atomic E-state index is 11.9. The fourth-order valence-corrected chi connectivity index (χ4v) is 2.05. The molecule has 22 heavy (non-hydrogen) atoms. The molecule has 0 radical (unpaired) electrons. The van der Waals surface area contributed by atoms with Gasteiger partial charge in [-0.1, -0.05) is 13.0 Å². The summed E-state index contributed by atoms with van der Waals surface area (Å²) >= 11 is 0. The lowest BCUT2D eigenvalue weighted by Gasteiger charge is -2.20. The molecular formula is C15H19N5O2. The Morgan fingerprint density at radius 2 is 2.05 bits per heavy atom. The highest BCUT2D eigenvalue weighted by Gasteiger charge is 2.12. The quantitative estimate of drug-likeness (QED) is 0.874. The standard InChI is InChI=1S/C15H19N5O2/c1-4-6-7-20(5-2)13-8-12(19-18-10(13)3)11-9-16-15(22)17-14(11)21/h6-9H,4-5H2,1-3H3,(H2,16,17,21,22)/b7-6-. The summed E-state index contributed by atoms with van der Waals surface area (Å²) < 4.78 is 0. The third-order valence-electron chi connectivity index (χ3n) is 3.22. The zero-order chi connectivity index (χ0) is 16.1. The molecule has 116 valence electrons. The Bertz CT molecular complexity index is 791. The second kappa shape index (κ2) is 6.84. The molecule has 2 heterocycles. The topological polar surface area (TPSA) is 94.7 Å². The van der Waals surface area contributed by atoms with Crippen LogP contribution in [0.2, 0.25) is 0 Å². The molecule has 0 amide bonds. The maximum absolute atomic E-state index is 11.9. The average molecular weight is 301 g/mol. The fraction of sp³-hybridized carbons (Fsp3) is 0.333. The normalized spacial score (nSPS) is 11.0. The number of anilines is 1. The first-order valence-corrected chi connectivity index (χ1v) is 7.16. The van der Waals surface area contributed by atoms with Crippen LogP contribution in [0.25, 0.3) is 11.3 Å². The maximum Gasteiger partial charge on any atom is 0.325 e. The first kappa shape index (κ1) is 15.7. The van der Waals surface area contributed by atoms with Gasteiger partial charge >= 0.3 is 5.69 Å². The predicted molar refractivity (Wildman–Crippen MR) is 85.9 cm³/mol. The van der Waals surface area contributed by atoms with Crippen molar-refractivity contribution in [3.63, 3.8) is 0 Å². The number of allylic oxidation sites excluding steroid dienone is 1. The molecule has 0 saturated carbocycles. The Morgan fingerprint density at radius 3 is 2.68 bits per heavy atom. The van der Waals surface area contributed by atoms with Gasteiger partial charge in [0.1, 0.15) is 5.69 Å². The molecule has 7 nitrogen and oxygen atoms in total. The second-order valence-corrected chi connectivity index (χ2v) is 4.76. The van der Waals surface area contributed by atoms with E-state index in [1.54, 1.807) is 6.07 Å². The summed E-state index contributed by atoms with van der Waals surface area (Å²) in [7, 11) is 0. The van der Waals surface area contributed by atoms with Crippen molar-refractivity contribution in [3.05, 3.63) is 51.1 Å². The SMILES string of the molecule is CC/C=C\N(CC)c1cc(-c2c[nH]c(=O)[nH]c2=O)nnc1C. The van der Waals surface area contributed by atoms with Crippen molar-refractivity contribution in [2.24, 2.45) is 0 Å². The number of hydrogen-bond acceptors (Lipinski definition) is 5. The minimum absolute atomic E-state index is 0.281. The molecule has 2 aromatic rings. The molecular weight excluding hydrogens is 282 g/mol. The van der Waals surface area contributed by atoms with Gasteiger partial charge in [-0.05, 0) is 26.3 Å². The van der Waals surface area contributed by atoms with Crippen molar-refractivity contribution in [1.82, 2.24) is 20.2 Å². The third-order valence-corrected chi connectivity index (χ3v) is 3.22. The lowest BCUT2D eigenvalue weighted by molar-refractivity contribution is 0.930. The zero-order valence-electron chi connectivity index (χ0n) is 12.9. The Labute approximate surface area is 127 Å². The average Bonchev–Trinajstić information content (AvgIpc) is 2.50. The monoisotopic (exact) mass is 301 g/mol. The van der Waals surface area contributed by atoms with Crippen molar-refractivity contribution in [1.29, 1.82) is 0 Å². The summed E-state index contributed by atoms with van der Waals surface area (Å²) in [5, 5.41) is 8.18. The number of nitrogens with zero attached hydrogens (tertiary/aromatic N) is 3. The molecule has 0 fully saturated rings. The van der Waals surface area contributed by atoms with E-state index in [9.17, 15) is 9.59 Å². The molecule has 0 spiro atoms. The highest BCUT2D eigenvalue weighted by molar-refractivity contribution is 5.64. The van der Waals surface area contributed by atoms with E-state index in [-0.39, 0.29) is 5.56 Å². The van der Waals surface area contributed by atoms with Gasteiger partial charge in [0, 0.05) is 18.9 Å². The van der Waals surface area contributed by atoms with Gasteiger partial charge < -0.3 is 9.88 Å². The number of aromatic nitrogens is 4. The summed E-state index contributed by atoms with van der Waals surface area (Å²) in [6.07, 6.45) is 6.32. The van der Waals surface area contributed by atoms with E-state index in [1.165, 1.54) is 6.20 Å². The first-order valence-electron chi connectivity index (χ1n) is 7.16. The van der Waals surface area contributed by atoms with Gasteiger partial charge in [0.15, 0.2) is 0 Å². The number of aryl methyl sites for hydroxylation is 1. The van der Waals surface area contributed by atoms with Gasteiger partial charge in [-0.15, -0.1) is 5.10 Å². The van der Waals surface area contributed by atoms with Crippen LogP contribution in [0, 0.1) is 6.92 Å². The first-order chi connectivity index (χ1) is 10.6. The van der Waals surface area contributed by atoms with Crippen LogP contribution in [0.3, 0.4) is 0 Å². The number of nitrogens with one attached hydrogen (secondary N) is 2. The number of H-pyrrole nitrogens is 2. The molecule has 0 bridgehead atoms. The fourth-order valence-electron chi connectivity index (χ4n) is 2.05. The van der Waals surface area contributed by atoms with Crippen LogP contribution in [-0.4, -0.2) is 26.7 Å². The van der Waals surface area contributed by atoms with Crippen LogP contribution in [-0.2, 0) is 0 Å². The van der Waals surface area contributed by atoms with E-state index in [0.717, 1.165) is 24.3 Å². The summed E-state index contributed by atoms with van der Waals surface area (Å²) in [6, 6.07) is 1.80. The van der Waals surface area contributed by atoms with Gasteiger partial charge in [0.25, 0.3) is 5.56 Å². The molecule has 0 aliphatic rings. The van der Waals surface area contributed by atoms with E-state index in [2.05, 4.69) is 33.2 Å². The van der Waals surface area contributed by atoms with E-state index < -0.39 is 11.2 Å². The molecule has 2 N–H and O–H groups in total. The Morgan fingerprint density at radius 1 is 1.27 bits per heavy atom. The number of hydrogen-bond donors (Lipinski definition) is 2. The largest absolute Gasteiger partial charge is 0.347 e. The molecule has 0 unspecified atom stereocenters. The third kappa shape index (κ3) is 3.30. The van der Waals surface area contributed by atoms with Gasteiger partial charge in [0.05, 0.1) is 16.9 Å². The van der Waals surface area contributed by atoms with Gasteiger partial charge in [-0.2, -0.15) is 5.10 Å². The van der Waals surface area contributed by atoms with Crippen LogP contribution in [0.4, 0.5) is 5.69 Å². The van der Waals surface area contributed by atoms with Crippen molar-refractivity contribution in [2.75, 3.05) is 11.4 Å². The lowest BCUT2D eigenvalue weighted by Crippen LogP contribution is -2.23.